The molecular formula is C19H24N8O5S. The summed E-state index contributed by atoms with van der Waals surface area (Å²) in [7, 11) is -1.93. The number of aromatic nitrogens is 8. The summed E-state index contributed by atoms with van der Waals surface area (Å²) < 4.78 is 32.6. The maximum atomic E-state index is 11.9. The maximum absolute atomic E-state index is 11.9. The highest BCUT2D eigenvalue weighted by molar-refractivity contribution is 7.90. The number of sulfone groups is 1. The molecule has 13 nitrogen and oxygen atoms in total. The van der Waals surface area contributed by atoms with Crippen LogP contribution in [0.15, 0.2) is 17.3 Å². The molecule has 0 amide bonds. The van der Waals surface area contributed by atoms with Crippen molar-refractivity contribution < 1.29 is 23.1 Å². The second kappa shape index (κ2) is 8.84. The van der Waals surface area contributed by atoms with Gasteiger partial charge in [0, 0.05) is 13.3 Å². The lowest BCUT2D eigenvalue weighted by Crippen LogP contribution is -2.29. The summed E-state index contributed by atoms with van der Waals surface area (Å²) in [6, 6.07) is 3.52. The Morgan fingerprint density at radius 3 is 2.73 bits per heavy atom. The molecule has 1 fully saturated rings. The van der Waals surface area contributed by atoms with Crippen LogP contribution in [0, 0.1) is 12.8 Å². The minimum absolute atomic E-state index is 0.0336. The van der Waals surface area contributed by atoms with Crippen molar-refractivity contribution in [1.82, 2.24) is 40.2 Å². The lowest BCUT2D eigenvalue weighted by molar-refractivity contribution is -0.143. The van der Waals surface area contributed by atoms with E-state index in [1.54, 1.807) is 26.1 Å². The summed E-state index contributed by atoms with van der Waals surface area (Å²) in [6.45, 7) is 1.83. The molecule has 176 valence electrons. The van der Waals surface area contributed by atoms with Gasteiger partial charge in [0.15, 0.2) is 0 Å². The quantitative estimate of drug-likeness (QED) is 0.508. The molecule has 14 heteroatoms. The molecule has 33 heavy (non-hydrogen) atoms. The molecule has 0 radical (unpaired) electrons. The Balaban J connectivity index is 1.57. The molecule has 3 aromatic rings. The Bertz CT molecular complexity index is 1290. The van der Waals surface area contributed by atoms with Crippen molar-refractivity contribution in [3.8, 4) is 17.1 Å². The van der Waals surface area contributed by atoms with Crippen molar-refractivity contribution in [3.63, 3.8) is 0 Å². The number of aryl methyl sites for hydroxylation is 2. The summed E-state index contributed by atoms with van der Waals surface area (Å²) in [6.07, 6.45) is 3.61. The van der Waals surface area contributed by atoms with E-state index in [9.17, 15) is 18.3 Å². The molecule has 0 unspecified atom stereocenters. The highest BCUT2D eigenvalue weighted by Crippen LogP contribution is 2.30. The minimum Gasteiger partial charge on any atom is -0.489 e. The number of carboxylic acid groups (broad SMARTS) is 1. The number of nitrogens with zero attached hydrogens (tertiary/aromatic N) is 8. The van der Waals surface area contributed by atoms with Gasteiger partial charge in [-0.2, -0.15) is 0 Å². The lowest BCUT2D eigenvalue weighted by atomic mass is 9.87. The van der Waals surface area contributed by atoms with E-state index < -0.39 is 15.8 Å². The summed E-state index contributed by atoms with van der Waals surface area (Å²) in [5.41, 5.74) is 2.19. The predicted molar refractivity (Wildman–Crippen MR) is 113 cm³/mol. The highest BCUT2D eigenvalue weighted by Gasteiger charge is 2.29. The number of carboxylic acids is 1. The molecule has 1 aliphatic rings. The van der Waals surface area contributed by atoms with Crippen molar-refractivity contribution in [2.45, 2.75) is 50.4 Å². The maximum Gasteiger partial charge on any atom is 0.306 e. The van der Waals surface area contributed by atoms with Gasteiger partial charge >= 0.3 is 5.97 Å². The number of carbonyl (C=O) groups is 1. The van der Waals surface area contributed by atoms with Gasteiger partial charge in [-0.25, -0.2) is 22.8 Å². The van der Waals surface area contributed by atoms with Gasteiger partial charge in [-0.15, -0.1) is 5.10 Å². The molecule has 0 saturated heterocycles. The molecule has 3 heterocycles. The summed E-state index contributed by atoms with van der Waals surface area (Å²) in [5.74, 6) is -0.591. The Morgan fingerprint density at radius 2 is 2.03 bits per heavy atom. The van der Waals surface area contributed by atoms with E-state index in [1.165, 1.54) is 9.36 Å². The number of hydrogen-bond donors (Lipinski definition) is 1. The van der Waals surface area contributed by atoms with Gasteiger partial charge in [-0.05, 0) is 55.2 Å². The Hall–Kier alpha value is -3.42. The first kappa shape index (κ1) is 22.8. The second-order valence-electron chi connectivity index (χ2n) is 8.12. The Kier molecular flexibility index (Phi) is 6.10. The van der Waals surface area contributed by atoms with E-state index in [0.29, 0.717) is 41.4 Å². The number of rotatable bonds is 7. The minimum atomic E-state index is -3.61. The third-order valence-electron chi connectivity index (χ3n) is 5.62. The lowest BCUT2D eigenvalue weighted by Gasteiger charge is -2.27. The van der Waals surface area contributed by atoms with Crippen LogP contribution in [0.4, 0.5) is 0 Å². The van der Waals surface area contributed by atoms with Crippen LogP contribution < -0.4 is 4.74 Å². The third kappa shape index (κ3) is 4.84. The van der Waals surface area contributed by atoms with E-state index in [-0.39, 0.29) is 23.7 Å². The zero-order chi connectivity index (χ0) is 23.8. The van der Waals surface area contributed by atoms with E-state index >= 15 is 0 Å². The van der Waals surface area contributed by atoms with Crippen LogP contribution in [-0.4, -0.2) is 72.0 Å². The number of tetrazole rings is 1. The van der Waals surface area contributed by atoms with Gasteiger partial charge in [0.2, 0.25) is 9.84 Å². The fourth-order valence-corrected chi connectivity index (χ4v) is 4.59. The molecule has 1 aliphatic carbocycles. The van der Waals surface area contributed by atoms with Gasteiger partial charge in [0.05, 0.1) is 35.6 Å². The first-order valence-electron chi connectivity index (χ1n) is 10.4. The second-order valence-corrected chi connectivity index (χ2v) is 10.0. The van der Waals surface area contributed by atoms with Gasteiger partial charge in [-0.3, -0.25) is 4.79 Å². The molecule has 0 aliphatic heterocycles. The molecule has 3 aromatic heterocycles. The van der Waals surface area contributed by atoms with Gasteiger partial charge in [0.25, 0.3) is 5.16 Å². The molecule has 0 spiro atoms. The monoisotopic (exact) mass is 476 g/mol. The Morgan fingerprint density at radius 1 is 1.24 bits per heavy atom. The van der Waals surface area contributed by atoms with Crippen LogP contribution in [-0.2, 0) is 28.2 Å². The van der Waals surface area contributed by atoms with Crippen LogP contribution >= 0.6 is 0 Å². The van der Waals surface area contributed by atoms with E-state index in [0.717, 1.165) is 19.1 Å². The third-order valence-corrected chi connectivity index (χ3v) is 6.58. The van der Waals surface area contributed by atoms with Crippen LogP contribution in [0.3, 0.4) is 0 Å². The van der Waals surface area contributed by atoms with Gasteiger partial charge in [0.1, 0.15) is 11.4 Å². The molecule has 0 bridgehead atoms. The number of aliphatic carboxylic acids is 1. The number of ether oxygens (including phenoxy) is 1. The Labute approximate surface area is 189 Å². The first-order chi connectivity index (χ1) is 15.6. The summed E-state index contributed by atoms with van der Waals surface area (Å²) in [4.78, 5) is 15.9. The SMILES string of the molecule is Cc1nc(-c2nnn(C)c2Cn2nnnc2S(C)(=O)=O)ccc1O[C@H]1CCC[C@H](C(=O)O)C1. The van der Waals surface area contributed by atoms with Crippen molar-refractivity contribution in [2.24, 2.45) is 13.0 Å². The topological polar surface area (TPSA) is 168 Å². The molecule has 4 rings (SSSR count). The fourth-order valence-electron chi connectivity index (χ4n) is 3.92. The van der Waals surface area contributed by atoms with Crippen molar-refractivity contribution in [2.75, 3.05) is 6.26 Å². The average molecular weight is 477 g/mol. The first-order valence-corrected chi connectivity index (χ1v) is 12.2. The van der Waals surface area contributed by atoms with E-state index in [1.807, 2.05) is 0 Å². The summed E-state index contributed by atoms with van der Waals surface area (Å²) in [5, 5.41) is 28.1. The fraction of sp³-hybridized carbons (Fsp3) is 0.526. The average Bonchev–Trinajstić information content (AvgIpc) is 3.37. The van der Waals surface area contributed by atoms with Crippen LogP contribution in [0.25, 0.3) is 11.4 Å². The molecular weight excluding hydrogens is 452 g/mol. The molecule has 2 atom stereocenters. The van der Waals surface area contributed by atoms with Crippen molar-refractivity contribution >= 4 is 15.8 Å². The van der Waals surface area contributed by atoms with Gasteiger partial charge in [-0.1, -0.05) is 10.3 Å². The molecule has 0 aromatic carbocycles. The van der Waals surface area contributed by atoms with E-state index in [4.69, 9.17) is 4.74 Å². The normalized spacial score (nSPS) is 18.9. The zero-order valence-corrected chi connectivity index (χ0v) is 19.2. The number of pyridine rings is 1. The predicted octanol–water partition coefficient (Wildman–Crippen LogP) is 0.646. The smallest absolute Gasteiger partial charge is 0.306 e. The van der Waals surface area contributed by atoms with Crippen molar-refractivity contribution in [3.05, 3.63) is 23.5 Å². The van der Waals surface area contributed by atoms with Gasteiger partial charge < -0.3 is 9.84 Å². The standard InChI is InChI=1S/C19H24N8O5S/c1-11-16(32-13-6-4-5-12(9-13)18(28)29)8-7-14(20-11)17-15(26(2)24-21-17)10-27-19(22-23-25-27)33(3,30)31/h7-8,12-13H,4-6,9-10H2,1-3H3,(H,28,29)/t12-,13-/m0/s1. The molecule has 1 N–H and O–H groups in total. The van der Waals surface area contributed by atoms with Crippen LogP contribution in [0.2, 0.25) is 0 Å². The zero-order valence-electron chi connectivity index (χ0n) is 18.4. The van der Waals surface area contributed by atoms with Crippen molar-refractivity contribution in [1.29, 1.82) is 0 Å². The summed E-state index contributed by atoms with van der Waals surface area (Å²) >= 11 is 0. The van der Waals surface area contributed by atoms with E-state index in [2.05, 4.69) is 30.8 Å². The largest absolute Gasteiger partial charge is 0.489 e. The van der Waals surface area contributed by atoms with Crippen LogP contribution in [0.5, 0.6) is 5.75 Å². The number of hydrogen-bond acceptors (Lipinski definition) is 10. The highest BCUT2D eigenvalue weighted by atomic mass is 32.2. The molecule has 1 saturated carbocycles. The van der Waals surface area contributed by atoms with Crippen LogP contribution in [0.1, 0.15) is 37.1 Å².